The first-order valence-electron chi connectivity index (χ1n) is 11.4. The van der Waals surface area contributed by atoms with Crippen LogP contribution in [0.3, 0.4) is 0 Å². The van der Waals surface area contributed by atoms with E-state index < -0.39 is 30.3 Å². The van der Waals surface area contributed by atoms with Crippen LogP contribution in [0, 0.1) is 0 Å². The summed E-state index contributed by atoms with van der Waals surface area (Å²) in [6, 6.07) is 4.56. The molecule has 0 saturated carbocycles. The Morgan fingerprint density at radius 1 is 1.23 bits per heavy atom. The number of aliphatic hydroxyl groups excluding tert-OH is 1. The highest BCUT2D eigenvalue weighted by molar-refractivity contribution is 6.01. The summed E-state index contributed by atoms with van der Waals surface area (Å²) >= 11 is 0. The molecule has 2 aliphatic heterocycles. The highest BCUT2D eigenvalue weighted by atomic mass is 19.1. The van der Waals surface area contributed by atoms with Gasteiger partial charge in [-0.15, -0.1) is 0 Å². The number of halogens is 1. The van der Waals surface area contributed by atoms with Gasteiger partial charge in [0.1, 0.15) is 23.2 Å². The molecule has 1 amide bonds. The van der Waals surface area contributed by atoms with E-state index in [-0.39, 0.29) is 32.0 Å². The van der Waals surface area contributed by atoms with E-state index >= 15 is 0 Å². The van der Waals surface area contributed by atoms with Crippen molar-refractivity contribution in [2.75, 3.05) is 38.8 Å². The van der Waals surface area contributed by atoms with E-state index in [0.717, 1.165) is 10.9 Å². The van der Waals surface area contributed by atoms with E-state index in [2.05, 4.69) is 20.7 Å². The number of aliphatic hydroxyl groups is 1. The Balaban J connectivity index is 1.47. The minimum absolute atomic E-state index is 0.0512. The van der Waals surface area contributed by atoms with E-state index in [9.17, 15) is 14.3 Å². The van der Waals surface area contributed by atoms with Crippen molar-refractivity contribution in [3.8, 4) is 11.3 Å². The summed E-state index contributed by atoms with van der Waals surface area (Å²) in [5.74, 6) is 0.208. The van der Waals surface area contributed by atoms with Gasteiger partial charge < -0.3 is 29.8 Å². The van der Waals surface area contributed by atoms with E-state index in [1.807, 2.05) is 24.4 Å². The number of fused-ring (bicyclic) bond motifs is 2. The summed E-state index contributed by atoms with van der Waals surface area (Å²) in [6.07, 6.45) is 3.05. The van der Waals surface area contributed by atoms with Crippen molar-refractivity contribution in [3.63, 3.8) is 0 Å². The molecule has 12 heteroatoms. The number of alkyl halides is 1. The number of amides is 1. The monoisotopic (exact) mass is 481 g/mol. The Hall–Kier alpha value is -3.61. The fourth-order valence-corrected chi connectivity index (χ4v) is 4.68. The van der Waals surface area contributed by atoms with Gasteiger partial charge in [-0.1, -0.05) is 0 Å². The number of ether oxygens (including phenoxy) is 2. The van der Waals surface area contributed by atoms with Gasteiger partial charge in [-0.3, -0.25) is 4.79 Å². The number of aromatic nitrogens is 5. The molecule has 0 aromatic carbocycles. The van der Waals surface area contributed by atoms with Crippen molar-refractivity contribution in [1.82, 2.24) is 29.5 Å². The van der Waals surface area contributed by atoms with Gasteiger partial charge in [0.15, 0.2) is 5.65 Å². The number of nitrogens with zero attached hydrogens (tertiary/aromatic N) is 5. The molecule has 4 atom stereocenters. The summed E-state index contributed by atoms with van der Waals surface area (Å²) in [5.41, 5.74) is 2.56. The molecule has 3 N–H and O–H groups in total. The molecular formula is C23H24FN7O4. The number of nitrogens with one attached hydrogen (secondary N) is 2. The van der Waals surface area contributed by atoms with Gasteiger partial charge in [0.05, 0.1) is 56.5 Å². The molecule has 2 fully saturated rings. The molecule has 6 rings (SSSR count). The zero-order valence-corrected chi connectivity index (χ0v) is 18.9. The Bertz CT molecular complexity index is 1420. The molecule has 182 valence electrons. The second kappa shape index (κ2) is 8.56. The highest BCUT2D eigenvalue weighted by Crippen LogP contribution is 2.35. The lowest BCUT2D eigenvalue weighted by Gasteiger charge is -2.14. The third-order valence-electron chi connectivity index (χ3n) is 6.55. The number of hydrogen-bond donors (Lipinski definition) is 3. The maximum atomic E-state index is 14.6. The molecular weight excluding hydrogens is 457 g/mol. The van der Waals surface area contributed by atoms with Crippen LogP contribution in [0.4, 0.5) is 10.2 Å². The van der Waals surface area contributed by atoms with Crippen LogP contribution in [0.25, 0.3) is 27.9 Å². The van der Waals surface area contributed by atoms with Crippen LogP contribution in [0.15, 0.2) is 36.8 Å². The van der Waals surface area contributed by atoms with Crippen molar-refractivity contribution in [1.29, 1.82) is 0 Å². The van der Waals surface area contributed by atoms with Crippen molar-refractivity contribution >= 4 is 28.4 Å². The number of anilines is 1. The summed E-state index contributed by atoms with van der Waals surface area (Å²) < 4.78 is 28.5. The van der Waals surface area contributed by atoms with Crippen molar-refractivity contribution in [2.45, 2.75) is 24.4 Å². The van der Waals surface area contributed by atoms with E-state index in [1.54, 1.807) is 22.3 Å². The summed E-state index contributed by atoms with van der Waals surface area (Å²) in [5, 5.41) is 21.0. The van der Waals surface area contributed by atoms with Crippen molar-refractivity contribution < 1.29 is 23.8 Å². The summed E-state index contributed by atoms with van der Waals surface area (Å²) in [6.45, 7) is 0.726. The van der Waals surface area contributed by atoms with Gasteiger partial charge in [-0.05, 0) is 12.1 Å². The number of hydrogen-bond acceptors (Lipinski definition) is 8. The molecule has 35 heavy (non-hydrogen) atoms. The number of carbonyl (C=O) groups excluding carboxylic acids is 1. The fraction of sp³-hybridized carbons (Fsp3) is 0.391. The zero-order chi connectivity index (χ0) is 24.1. The number of rotatable bonds is 5. The minimum atomic E-state index is -1.14. The summed E-state index contributed by atoms with van der Waals surface area (Å²) in [4.78, 5) is 22.3. The van der Waals surface area contributed by atoms with Crippen LogP contribution in [0.5, 0.6) is 0 Å². The second-order valence-electron chi connectivity index (χ2n) is 8.70. The zero-order valence-electron chi connectivity index (χ0n) is 18.9. The van der Waals surface area contributed by atoms with E-state index in [4.69, 9.17) is 14.5 Å². The highest BCUT2D eigenvalue weighted by Gasteiger charge is 2.32. The van der Waals surface area contributed by atoms with E-state index in [1.165, 1.54) is 6.20 Å². The summed E-state index contributed by atoms with van der Waals surface area (Å²) in [7, 11) is 1.75. The molecule has 1 unspecified atom stereocenters. The minimum Gasteiger partial charge on any atom is -0.388 e. The van der Waals surface area contributed by atoms with Crippen molar-refractivity contribution in [3.05, 3.63) is 42.4 Å². The van der Waals surface area contributed by atoms with Crippen LogP contribution in [-0.4, -0.2) is 87.0 Å². The lowest BCUT2D eigenvalue weighted by Crippen LogP contribution is -2.42. The number of pyridine rings is 1. The topological polar surface area (TPSA) is 128 Å². The molecule has 2 saturated heterocycles. The van der Waals surface area contributed by atoms with Gasteiger partial charge >= 0.3 is 0 Å². The standard InChI is InChI=1S/C23H24FN7O4/c1-25-20-5-16(14-7-30(18-10-34-8-15(18)24)21-12(14)3-2-4-26-21)28-22-13(6-27-31(20)22)23(33)29-17-9-35-11-19(17)32/h2-7,15,17-19,25,32H,8-11H2,1H3,(H,29,33)/t15-,17?,18+,19-/m1/s1. The van der Waals surface area contributed by atoms with Crippen LogP contribution in [-0.2, 0) is 9.47 Å². The largest absolute Gasteiger partial charge is 0.388 e. The molecule has 0 spiro atoms. The van der Waals surface area contributed by atoms with Crippen molar-refractivity contribution in [2.24, 2.45) is 0 Å². The SMILES string of the molecule is CNc1cc(-c2cn([C@H]3COC[C@H]3F)c3ncccc23)nc2c(C(=O)NC3COC[C@H]3O)cnn12. The number of carbonyl (C=O) groups is 1. The molecule has 4 aromatic rings. The second-order valence-corrected chi connectivity index (χ2v) is 8.70. The van der Waals surface area contributed by atoms with E-state index in [0.29, 0.717) is 22.8 Å². The normalized spacial score (nSPS) is 24.4. The average molecular weight is 481 g/mol. The Labute approximate surface area is 198 Å². The lowest BCUT2D eigenvalue weighted by molar-refractivity contribution is 0.0888. The predicted molar refractivity (Wildman–Crippen MR) is 124 cm³/mol. The Kier molecular flexibility index (Phi) is 5.35. The first-order chi connectivity index (χ1) is 17.0. The van der Waals surface area contributed by atoms with Gasteiger partial charge in [-0.2, -0.15) is 9.61 Å². The average Bonchev–Trinajstić information content (AvgIpc) is 3.65. The van der Waals surface area contributed by atoms with Gasteiger partial charge in [-0.25, -0.2) is 14.4 Å². The molecule has 0 bridgehead atoms. The Morgan fingerprint density at radius 3 is 2.83 bits per heavy atom. The molecule has 6 heterocycles. The van der Waals surface area contributed by atoms with Crippen LogP contribution < -0.4 is 10.6 Å². The maximum absolute atomic E-state index is 14.6. The lowest BCUT2D eigenvalue weighted by atomic mass is 10.1. The Morgan fingerprint density at radius 2 is 2.09 bits per heavy atom. The quantitative estimate of drug-likeness (QED) is 0.388. The van der Waals surface area contributed by atoms with Gasteiger partial charge in [0.2, 0.25) is 0 Å². The van der Waals surface area contributed by atoms with Gasteiger partial charge in [0, 0.05) is 36.5 Å². The molecule has 0 radical (unpaired) electrons. The third kappa shape index (κ3) is 3.61. The van der Waals surface area contributed by atoms with Crippen LogP contribution >= 0.6 is 0 Å². The predicted octanol–water partition coefficient (Wildman–Crippen LogP) is 1.19. The maximum Gasteiger partial charge on any atom is 0.257 e. The third-order valence-corrected chi connectivity index (χ3v) is 6.55. The molecule has 2 aliphatic rings. The van der Waals surface area contributed by atoms with Crippen LogP contribution in [0.1, 0.15) is 16.4 Å². The molecule has 11 nitrogen and oxygen atoms in total. The first kappa shape index (κ1) is 21.9. The molecule has 4 aromatic heterocycles. The smallest absolute Gasteiger partial charge is 0.257 e. The van der Waals surface area contributed by atoms with Gasteiger partial charge in [0.25, 0.3) is 5.91 Å². The van der Waals surface area contributed by atoms with Crippen LogP contribution in [0.2, 0.25) is 0 Å². The molecule has 0 aliphatic carbocycles. The fourth-order valence-electron chi connectivity index (χ4n) is 4.68. The first-order valence-corrected chi connectivity index (χ1v) is 11.4.